The van der Waals surface area contributed by atoms with Crippen LogP contribution >= 0.6 is 0 Å². The molecule has 0 bridgehead atoms. The highest BCUT2D eigenvalue weighted by Crippen LogP contribution is 2.38. The quantitative estimate of drug-likeness (QED) is 0.934. The molecule has 106 valence electrons. The van der Waals surface area contributed by atoms with E-state index in [0.29, 0.717) is 0 Å². The molecule has 0 unspecified atom stereocenters. The Morgan fingerprint density at radius 3 is 2.50 bits per heavy atom. The van der Waals surface area contributed by atoms with Gasteiger partial charge >= 0.3 is 6.18 Å². The van der Waals surface area contributed by atoms with Gasteiger partial charge in [-0.2, -0.15) is 13.2 Å². The highest BCUT2D eigenvalue weighted by atomic mass is 19.4. The minimum Gasteiger partial charge on any atom is -0.455 e. The summed E-state index contributed by atoms with van der Waals surface area (Å²) in [5.74, 6) is -0.0989. The van der Waals surface area contributed by atoms with Crippen molar-refractivity contribution in [2.75, 3.05) is 0 Å². The molecule has 6 heteroatoms. The standard InChI is InChI=1S/C14H12F3NO2/c1-9-2-4-11(7-18-9)20-13-5-3-10(8-19)6-12(13)14(15,16)17/h2-7,19H,8H2,1H3. The van der Waals surface area contributed by atoms with Gasteiger partial charge in [-0.25, -0.2) is 0 Å². The summed E-state index contributed by atoms with van der Waals surface area (Å²) in [5.41, 5.74) is -0.0136. The maximum atomic E-state index is 13.0. The smallest absolute Gasteiger partial charge is 0.419 e. The number of aliphatic hydroxyl groups excluding tert-OH is 1. The maximum Gasteiger partial charge on any atom is 0.419 e. The predicted octanol–water partition coefficient (Wildman–Crippen LogP) is 3.69. The van der Waals surface area contributed by atoms with E-state index in [1.165, 1.54) is 18.3 Å². The van der Waals surface area contributed by atoms with Gasteiger partial charge in [-0.05, 0) is 36.8 Å². The Kier molecular flexibility index (Phi) is 3.94. The summed E-state index contributed by atoms with van der Waals surface area (Å²) in [6.45, 7) is 1.30. The lowest BCUT2D eigenvalue weighted by molar-refractivity contribution is -0.138. The molecular weight excluding hydrogens is 271 g/mol. The lowest BCUT2D eigenvalue weighted by Gasteiger charge is -2.14. The lowest BCUT2D eigenvalue weighted by atomic mass is 10.1. The number of pyridine rings is 1. The average Bonchev–Trinajstić information content (AvgIpc) is 2.40. The number of hydrogen-bond donors (Lipinski definition) is 1. The van der Waals surface area contributed by atoms with Crippen LogP contribution in [-0.4, -0.2) is 10.1 Å². The molecule has 2 rings (SSSR count). The first-order chi connectivity index (χ1) is 9.40. The van der Waals surface area contributed by atoms with Gasteiger partial charge < -0.3 is 9.84 Å². The molecule has 2 aromatic rings. The molecule has 0 radical (unpaired) electrons. The predicted molar refractivity (Wildman–Crippen MR) is 66.4 cm³/mol. The summed E-state index contributed by atoms with van der Waals surface area (Å²) in [4.78, 5) is 3.95. The third-order valence-corrected chi connectivity index (χ3v) is 2.64. The molecule has 0 aliphatic heterocycles. The van der Waals surface area contributed by atoms with Crippen LogP contribution in [0.1, 0.15) is 16.8 Å². The molecule has 1 aromatic heterocycles. The van der Waals surface area contributed by atoms with Gasteiger partial charge in [0.1, 0.15) is 11.5 Å². The van der Waals surface area contributed by atoms with Crippen molar-refractivity contribution >= 4 is 0 Å². The van der Waals surface area contributed by atoms with Crippen LogP contribution in [0.15, 0.2) is 36.5 Å². The highest BCUT2D eigenvalue weighted by molar-refractivity contribution is 5.41. The van der Waals surface area contributed by atoms with Crippen LogP contribution in [0.5, 0.6) is 11.5 Å². The number of aromatic nitrogens is 1. The Balaban J connectivity index is 2.38. The van der Waals surface area contributed by atoms with Gasteiger partial charge in [0.15, 0.2) is 0 Å². The third kappa shape index (κ3) is 3.27. The van der Waals surface area contributed by atoms with E-state index < -0.39 is 18.3 Å². The molecule has 0 spiro atoms. The minimum atomic E-state index is -4.56. The van der Waals surface area contributed by atoms with Crippen molar-refractivity contribution in [2.45, 2.75) is 19.7 Å². The van der Waals surface area contributed by atoms with Crippen LogP contribution in [0.25, 0.3) is 0 Å². The number of nitrogens with zero attached hydrogens (tertiary/aromatic N) is 1. The van der Waals surface area contributed by atoms with Crippen molar-refractivity contribution in [1.29, 1.82) is 0 Å². The number of hydrogen-bond acceptors (Lipinski definition) is 3. The van der Waals surface area contributed by atoms with Crippen LogP contribution < -0.4 is 4.74 Å². The normalized spacial score (nSPS) is 11.4. The van der Waals surface area contributed by atoms with Crippen LogP contribution in [-0.2, 0) is 12.8 Å². The molecule has 0 fully saturated rings. The molecule has 0 saturated heterocycles. The summed E-state index contributed by atoms with van der Waals surface area (Å²) < 4.78 is 44.1. The van der Waals surface area contributed by atoms with Gasteiger partial charge in [0.2, 0.25) is 0 Å². The first-order valence-electron chi connectivity index (χ1n) is 5.81. The van der Waals surface area contributed by atoms with Crippen molar-refractivity contribution in [3.63, 3.8) is 0 Å². The zero-order valence-electron chi connectivity index (χ0n) is 10.6. The zero-order valence-corrected chi connectivity index (χ0v) is 10.6. The molecule has 3 nitrogen and oxygen atoms in total. The van der Waals surface area contributed by atoms with E-state index in [2.05, 4.69) is 4.98 Å². The van der Waals surface area contributed by atoms with E-state index in [0.717, 1.165) is 11.8 Å². The Morgan fingerprint density at radius 2 is 1.95 bits per heavy atom. The van der Waals surface area contributed by atoms with E-state index >= 15 is 0 Å². The van der Waals surface area contributed by atoms with Gasteiger partial charge in [-0.1, -0.05) is 6.07 Å². The molecule has 0 aliphatic carbocycles. The first kappa shape index (κ1) is 14.3. The molecule has 1 heterocycles. The molecule has 20 heavy (non-hydrogen) atoms. The zero-order chi connectivity index (χ0) is 14.8. The van der Waals surface area contributed by atoms with Crippen molar-refractivity contribution < 1.29 is 23.0 Å². The fourth-order valence-electron chi connectivity index (χ4n) is 1.63. The number of aryl methyl sites for hydroxylation is 1. The van der Waals surface area contributed by atoms with E-state index in [1.54, 1.807) is 19.1 Å². The maximum absolute atomic E-state index is 13.0. The van der Waals surface area contributed by atoms with Crippen molar-refractivity contribution in [3.05, 3.63) is 53.3 Å². The van der Waals surface area contributed by atoms with E-state index in [1.807, 2.05) is 0 Å². The van der Waals surface area contributed by atoms with Gasteiger partial charge in [-0.3, -0.25) is 4.98 Å². The second kappa shape index (κ2) is 5.50. The molecule has 1 aromatic carbocycles. The van der Waals surface area contributed by atoms with E-state index in [-0.39, 0.29) is 17.1 Å². The van der Waals surface area contributed by atoms with Crippen LogP contribution in [0.4, 0.5) is 13.2 Å². The van der Waals surface area contributed by atoms with E-state index in [9.17, 15) is 13.2 Å². The lowest BCUT2D eigenvalue weighted by Crippen LogP contribution is -2.08. The third-order valence-electron chi connectivity index (χ3n) is 2.64. The number of rotatable bonds is 3. The second-order valence-electron chi connectivity index (χ2n) is 4.22. The molecule has 0 aliphatic rings. The molecule has 0 amide bonds. The van der Waals surface area contributed by atoms with Crippen LogP contribution in [0.3, 0.4) is 0 Å². The second-order valence-corrected chi connectivity index (χ2v) is 4.22. The van der Waals surface area contributed by atoms with Crippen molar-refractivity contribution in [2.24, 2.45) is 0 Å². The van der Waals surface area contributed by atoms with Gasteiger partial charge in [0.05, 0.1) is 18.4 Å². The largest absolute Gasteiger partial charge is 0.455 e. The Hall–Kier alpha value is -2.08. The summed E-state index contributed by atoms with van der Waals surface area (Å²) in [5, 5.41) is 8.92. The summed E-state index contributed by atoms with van der Waals surface area (Å²) in [6.07, 6.45) is -3.20. The molecule has 1 N–H and O–H groups in total. The monoisotopic (exact) mass is 283 g/mol. The number of halogens is 3. The van der Waals surface area contributed by atoms with Gasteiger partial charge in [-0.15, -0.1) is 0 Å². The van der Waals surface area contributed by atoms with Crippen molar-refractivity contribution in [3.8, 4) is 11.5 Å². The number of benzene rings is 1. The van der Waals surface area contributed by atoms with Crippen LogP contribution in [0, 0.1) is 6.92 Å². The summed E-state index contributed by atoms with van der Waals surface area (Å²) in [6, 6.07) is 6.63. The first-order valence-corrected chi connectivity index (χ1v) is 5.81. The SMILES string of the molecule is Cc1ccc(Oc2ccc(CO)cc2C(F)(F)F)cn1. The molecular formula is C14H12F3NO2. The Bertz CT molecular complexity index is 594. The molecule has 0 atom stereocenters. The number of aliphatic hydroxyl groups is 1. The number of ether oxygens (including phenoxy) is 1. The fourth-order valence-corrected chi connectivity index (χ4v) is 1.63. The highest BCUT2D eigenvalue weighted by Gasteiger charge is 2.34. The van der Waals surface area contributed by atoms with E-state index in [4.69, 9.17) is 9.84 Å². The summed E-state index contributed by atoms with van der Waals surface area (Å²) >= 11 is 0. The Labute approximate surface area is 113 Å². The minimum absolute atomic E-state index is 0.173. The average molecular weight is 283 g/mol. The van der Waals surface area contributed by atoms with Crippen molar-refractivity contribution in [1.82, 2.24) is 4.98 Å². The van der Waals surface area contributed by atoms with Gasteiger partial charge in [0.25, 0.3) is 0 Å². The van der Waals surface area contributed by atoms with Crippen LogP contribution in [0.2, 0.25) is 0 Å². The summed E-state index contributed by atoms with van der Waals surface area (Å²) in [7, 11) is 0. The number of alkyl halides is 3. The topological polar surface area (TPSA) is 42.4 Å². The Morgan fingerprint density at radius 1 is 1.20 bits per heavy atom. The molecule has 0 saturated carbocycles. The fraction of sp³-hybridized carbons (Fsp3) is 0.214. The van der Waals surface area contributed by atoms with Gasteiger partial charge in [0, 0.05) is 5.69 Å².